The normalized spacial score (nSPS) is 11.6. The lowest BCUT2D eigenvalue weighted by molar-refractivity contribution is -0.113. The highest BCUT2D eigenvalue weighted by Crippen LogP contribution is 2.27. The second kappa shape index (κ2) is 12.9. The van der Waals surface area contributed by atoms with Crippen molar-refractivity contribution in [1.29, 1.82) is 0 Å². The Morgan fingerprint density at radius 2 is 1.46 bits per heavy atom. The van der Waals surface area contributed by atoms with Crippen LogP contribution in [0.15, 0.2) is 77.9 Å². The molecule has 8 nitrogen and oxygen atoms in total. The van der Waals surface area contributed by atoms with Gasteiger partial charge in [-0.15, -0.1) is 0 Å². The van der Waals surface area contributed by atoms with E-state index >= 15 is 0 Å². The minimum Gasteiger partial charge on any atom is -0.504 e. The first-order valence-corrected chi connectivity index (χ1v) is 11.4. The average molecular weight is 521 g/mol. The summed E-state index contributed by atoms with van der Waals surface area (Å²) in [6.45, 7) is 0. The number of amides is 1. The number of methoxy groups -OCH3 is 2. The first-order chi connectivity index (χ1) is 17.8. The Morgan fingerprint density at radius 1 is 0.892 bits per heavy atom. The van der Waals surface area contributed by atoms with Crippen molar-refractivity contribution in [2.24, 2.45) is 5.10 Å². The summed E-state index contributed by atoms with van der Waals surface area (Å²) in [6, 6.07) is 16.0. The summed E-state index contributed by atoms with van der Waals surface area (Å²) in [4.78, 5) is 25.3. The molecule has 0 saturated heterocycles. The van der Waals surface area contributed by atoms with Crippen LogP contribution in [0.25, 0.3) is 12.2 Å². The van der Waals surface area contributed by atoms with Crippen LogP contribution in [-0.4, -0.2) is 41.8 Å². The van der Waals surface area contributed by atoms with Crippen molar-refractivity contribution in [2.45, 2.75) is 6.42 Å². The largest absolute Gasteiger partial charge is 0.504 e. The van der Waals surface area contributed by atoms with Crippen molar-refractivity contribution in [3.63, 3.8) is 0 Å². The highest BCUT2D eigenvalue weighted by molar-refractivity contribution is 6.33. The van der Waals surface area contributed by atoms with Gasteiger partial charge in [-0.25, -0.2) is 5.43 Å². The van der Waals surface area contributed by atoms with Gasteiger partial charge in [0.25, 0.3) is 5.91 Å². The molecule has 0 aliphatic rings. The van der Waals surface area contributed by atoms with Gasteiger partial charge >= 0.3 is 0 Å². The molecule has 37 heavy (non-hydrogen) atoms. The van der Waals surface area contributed by atoms with Gasteiger partial charge in [0.05, 0.1) is 36.9 Å². The summed E-state index contributed by atoms with van der Waals surface area (Å²) in [5.74, 6) is -0.257. The van der Waals surface area contributed by atoms with Crippen LogP contribution < -0.4 is 14.9 Å². The molecule has 1 amide bonds. The summed E-state index contributed by atoms with van der Waals surface area (Å²) in [7, 11) is 2.87. The predicted molar refractivity (Wildman–Crippen MR) is 143 cm³/mol. The molecule has 0 fully saturated rings. The van der Waals surface area contributed by atoms with Gasteiger partial charge in [0.15, 0.2) is 28.8 Å². The number of phenolic OH excluding ortho intramolecular Hbond substituents is 2. The Kier molecular flexibility index (Phi) is 9.46. The molecular weight excluding hydrogens is 496 g/mol. The SMILES string of the molecule is COc1cc(C=CC(=O)CC(C=Cc2ccc(O)c(OC)c2)=NNC(=O)c2ccccc2Cl)ccc1O. The maximum absolute atomic E-state index is 12.7. The third kappa shape index (κ3) is 7.71. The number of halogens is 1. The number of carbonyl (C=O) groups excluding carboxylic acids is 2. The lowest BCUT2D eigenvalue weighted by Gasteiger charge is -2.05. The van der Waals surface area contributed by atoms with Crippen LogP contribution in [0, 0.1) is 0 Å². The van der Waals surface area contributed by atoms with E-state index < -0.39 is 5.91 Å². The minimum absolute atomic E-state index is 0.00767. The van der Waals surface area contributed by atoms with E-state index in [4.69, 9.17) is 21.1 Å². The van der Waals surface area contributed by atoms with Crippen molar-refractivity contribution in [1.82, 2.24) is 5.43 Å². The molecule has 0 unspecified atom stereocenters. The second-order valence-corrected chi connectivity index (χ2v) is 8.10. The van der Waals surface area contributed by atoms with E-state index in [-0.39, 0.29) is 51.5 Å². The Labute approximate surface area is 219 Å². The topological polar surface area (TPSA) is 117 Å². The number of rotatable bonds is 10. The molecule has 0 aliphatic heterocycles. The zero-order chi connectivity index (χ0) is 26.8. The molecule has 0 aliphatic carbocycles. The van der Waals surface area contributed by atoms with E-state index in [1.807, 2.05) is 0 Å². The lowest BCUT2D eigenvalue weighted by Crippen LogP contribution is -2.20. The van der Waals surface area contributed by atoms with Crippen molar-refractivity contribution in [3.05, 3.63) is 94.5 Å². The molecule has 0 atom stereocenters. The maximum Gasteiger partial charge on any atom is 0.272 e. The Hall–Kier alpha value is -4.56. The first-order valence-electron chi connectivity index (χ1n) is 11.0. The number of aromatic hydroxyl groups is 2. The smallest absolute Gasteiger partial charge is 0.272 e. The average Bonchev–Trinajstić information content (AvgIpc) is 2.90. The number of hydrazone groups is 1. The number of nitrogens with one attached hydrogen (secondary N) is 1. The third-order valence-electron chi connectivity index (χ3n) is 5.11. The number of phenols is 2. The minimum atomic E-state index is -0.526. The van der Waals surface area contributed by atoms with E-state index in [1.165, 1.54) is 32.4 Å². The molecule has 0 aromatic heterocycles. The van der Waals surface area contributed by atoms with Crippen LogP contribution >= 0.6 is 11.6 Å². The molecule has 3 rings (SSSR count). The fourth-order valence-electron chi connectivity index (χ4n) is 3.18. The molecule has 0 bridgehead atoms. The van der Waals surface area contributed by atoms with Crippen LogP contribution in [0.4, 0.5) is 0 Å². The monoisotopic (exact) mass is 520 g/mol. The molecule has 0 saturated carbocycles. The van der Waals surface area contributed by atoms with Crippen LogP contribution in [0.5, 0.6) is 23.0 Å². The number of nitrogens with zero attached hydrogens (tertiary/aromatic N) is 1. The van der Waals surface area contributed by atoms with Gasteiger partial charge in [0, 0.05) is 0 Å². The third-order valence-corrected chi connectivity index (χ3v) is 5.44. The summed E-state index contributed by atoms with van der Waals surface area (Å²) in [5.41, 5.74) is 4.28. The van der Waals surface area contributed by atoms with Gasteiger partial charge in [0.1, 0.15) is 0 Å². The molecule has 190 valence electrons. The number of ether oxygens (including phenoxy) is 2. The summed E-state index contributed by atoms with van der Waals surface area (Å²) >= 11 is 6.09. The van der Waals surface area contributed by atoms with E-state index in [2.05, 4.69) is 10.5 Å². The van der Waals surface area contributed by atoms with Gasteiger partial charge in [-0.3, -0.25) is 9.59 Å². The number of carbonyl (C=O) groups is 2. The van der Waals surface area contributed by atoms with Crippen LogP contribution in [0.1, 0.15) is 27.9 Å². The van der Waals surface area contributed by atoms with Gasteiger partial charge in [-0.05, 0) is 59.7 Å². The standard InChI is InChI=1S/C28H25ClN2O6/c1-36-26-15-18(9-13-24(26)33)7-11-20(30-31-28(35)22-5-3-4-6-23(22)29)17-21(32)12-8-19-10-14-25(34)27(16-19)37-2/h3-16,33-34H,17H2,1-2H3,(H,31,35). The second-order valence-electron chi connectivity index (χ2n) is 7.70. The van der Waals surface area contributed by atoms with Crippen LogP contribution in [0.3, 0.4) is 0 Å². The first kappa shape index (κ1) is 27.0. The van der Waals surface area contributed by atoms with Crippen LogP contribution in [-0.2, 0) is 4.79 Å². The van der Waals surface area contributed by atoms with Crippen molar-refractivity contribution in [2.75, 3.05) is 14.2 Å². The maximum atomic E-state index is 12.7. The van der Waals surface area contributed by atoms with Gasteiger partial charge in [-0.2, -0.15) is 5.10 Å². The highest BCUT2D eigenvalue weighted by atomic mass is 35.5. The molecule has 9 heteroatoms. The van der Waals surface area contributed by atoms with E-state index in [1.54, 1.807) is 66.8 Å². The van der Waals surface area contributed by atoms with Gasteiger partial charge in [0.2, 0.25) is 0 Å². The van der Waals surface area contributed by atoms with Gasteiger partial charge < -0.3 is 19.7 Å². The fraction of sp³-hybridized carbons (Fsp3) is 0.107. The molecule has 0 spiro atoms. The number of ketones is 1. The Bertz CT molecular complexity index is 1380. The molecule has 3 N–H and O–H groups in total. The lowest BCUT2D eigenvalue weighted by atomic mass is 10.1. The Balaban J connectivity index is 1.82. The zero-order valence-corrected chi connectivity index (χ0v) is 20.9. The number of hydrogen-bond acceptors (Lipinski definition) is 7. The van der Waals surface area contributed by atoms with Crippen molar-refractivity contribution < 1.29 is 29.3 Å². The number of hydrogen-bond donors (Lipinski definition) is 3. The molecule has 3 aromatic rings. The Morgan fingerprint density at radius 3 is 2.03 bits per heavy atom. The van der Waals surface area contributed by atoms with Gasteiger partial charge in [-0.1, -0.05) is 48.0 Å². The van der Waals surface area contributed by atoms with E-state index in [9.17, 15) is 19.8 Å². The molecule has 3 aromatic carbocycles. The summed E-state index contributed by atoms with van der Waals surface area (Å²) in [5, 5.41) is 23.9. The van der Waals surface area contributed by atoms with Crippen LogP contribution in [0.2, 0.25) is 5.02 Å². The zero-order valence-electron chi connectivity index (χ0n) is 20.1. The van der Waals surface area contributed by atoms with E-state index in [0.29, 0.717) is 11.1 Å². The predicted octanol–water partition coefficient (Wildman–Crippen LogP) is 5.24. The quantitative estimate of drug-likeness (QED) is 0.191. The van der Waals surface area contributed by atoms with Crippen molar-refractivity contribution >= 4 is 41.2 Å². The fourth-order valence-corrected chi connectivity index (χ4v) is 3.40. The number of benzene rings is 3. The molecule has 0 heterocycles. The number of allylic oxidation sites excluding steroid dienone is 2. The summed E-state index contributed by atoms with van der Waals surface area (Å²) in [6.07, 6.45) is 6.08. The van der Waals surface area contributed by atoms with E-state index in [0.717, 1.165) is 0 Å². The summed E-state index contributed by atoms with van der Waals surface area (Å²) < 4.78 is 10.2. The molecular formula is C28H25ClN2O6. The molecule has 0 radical (unpaired) electrons. The highest BCUT2D eigenvalue weighted by Gasteiger charge is 2.10. The van der Waals surface area contributed by atoms with Crippen molar-refractivity contribution in [3.8, 4) is 23.0 Å².